The Hall–Kier alpha value is -1.78. The van der Waals surface area contributed by atoms with Gasteiger partial charge < -0.3 is 9.73 Å². The lowest BCUT2D eigenvalue weighted by molar-refractivity contribution is -0.122. The average Bonchev–Trinajstić information content (AvgIpc) is 2.98. The van der Waals surface area contributed by atoms with Crippen LogP contribution in [-0.4, -0.2) is 24.4 Å². The summed E-state index contributed by atoms with van der Waals surface area (Å²) in [6, 6.07) is 11.4. The zero-order chi connectivity index (χ0) is 15.2. The number of nitrogens with one attached hydrogen (secondary N) is 1. The SMILES string of the molecule is CC(c1ccccc1Cl)N(C)CC(=O)NCc1ccco1. The highest BCUT2D eigenvalue weighted by atomic mass is 35.5. The van der Waals surface area contributed by atoms with Gasteiger partial charge in [-0.25, -0.2) is 0 Å². The monoisotopic (exact) mass is 306 g/mol. The van der Waals surface area contributed by atoms with Gasteiger partial charge >= 0.3 is 0 Å². The number of furan rings is 1. The quantitative estimate of drug-likeness (QED) is 0.891. The van der Waals surface area contributed by atoms with Crippen molar-refractivity contribution in [2.24, 2.45) is 0 Å². The topological polar surface area (TPSA) is 45.5 Å². The molecule has 21 heavy (non-hydrogen) atoms. The van der Waals surface area contributed by atoms with Gasteiger partial charge in [0.2, 0.25) is 5.91 Å². The fourth-order valence-corrected chi connectivity index (χ4v) is 2.36. The van der Waals surface area contributed by atoms with Gasteiger partial charge in [-0.15, -0.1) is 0 Å². The standard InChI is InChI=1S/C16H19ClN2O2/c1-12(14-7-3-4-8-15(14)17)19(2)11-16(20)18-10-13-6-5-9-21-13/h3-9,12H,10-11H2,1-2H3,(H,18,20). The minimum absolute atomic E-state index is 0.0483. The fraction of sp³-hybridized carbons (Fsp3) is 0.312. The summed E-state index contributed by atoms with van der Waals surface area (Å²) in [5.41, 5.74) is 1.01. The van der Waals surface area contributed by atoms with E-state index < -0.39 is 0 Å². The molecule has 0 aliphatic heterocycles. The van der Waals surface area contributed by atoms with E-state index in [4.69, 9.17) is 16.0 Å². The van der Waals surface area contributed by atoms with Gasteiger partial charge in [0.1, 0.15) is 5.76 Å². The van der Waals surface area contributed by atoms with Crippen LogP contribution in [0.5, 0.6) is 0 Å². The molecule has 0 fully saturated rings. The molecule has 1 amide bonds. The molecule has 0 radical (unpaired) electrons. The summed E-state index contributed by atoms with van der Waals surface area (Å²) in [6.45, 7) is 2.73. The van der Waals surface area contributed by atoms with Crippen LogP contribution in [0.1, 0.15) is 24.3 Å². The predicted octanol–water partition coefficient (Wildman–Crippen LogP) is 3.24. The van der Waals surface area contributed by atoms with Crippen molar-refractivity contribution in [2.45, 2.75) is 19.5 Å². The molecule has 1 unspecified atom stereocenters. The summed E-state index contributed by atoms with van der Waals surface area (Å²) < 4.78 is 5.18. The molecule has 0 bridgehead atoms. The molecule has 0 aliphatic carbocycles. The highest BCUT2D eigenvalue weighted by Gasteiger charge is 2.16. The number of carbonyl (C=O) groups excluding carboxylic acids is 1. The highest BCUT2D eigenvalue weighted by Crippen LogP contribution is 2.25. The zero-order valence-corrected chi connectivity index (χ0v) is 12.9. The summed E-state index contributed by atoms with van der Waals surface area (Å²) in [4.78, 5) is 13.9. The van der Waals surface area contributed by atoms with Crippen molar-refractivity contribution in [3.05, 3.63) is 59.0 Å². The molecular weight excluding hydrogens is 288 g/mol. The van der Waals surface area contributed by atoms with Crippen LogP contribution in [0.4, 0.5) is 0 Å². The second kappa shape index (κ2) is 7.29. The van der Waals surface area contributed by atoms with Gasteiger partial charge in [-0.2, -0.15) is 0 Å². The average molecular weight is 307 g/mol. The summed E-state index contributed by atoms with van der Waals surface area (Å²) >= 11 is 6.19. The third-order valence-electron chi connectivity index (χ3n) is 3.45. The van der Waals surface area contributed by atoms with Gasteiger partial charge in [-0.3, -0.25) is 9.69 Å². The molecule has 112 valence electrons. The van der Waals surface area contributed by atoms with Gasteiger partial charge in [0, 0.05) is 11.1 Å². The molecule has 0 spiro atoms. The van der Waals surface area contributed by atoms with Crippen LogP contribution in [-0.2, 0) is 11.3 Å². The van der Waals surface area contributed by atoms with E-state index in [1.165, 1.54) is 0 Å². The van der Waals surface area contributed by atoms with Gasteiger partial charge in [0.25, 0.3) is 0 Å². The van der Waals surface area contributed by atoms with Gasteiger partial charge in [0.05, 0.1) is 19.4 Å². The molecule has 1 aromatic carbocycles. The Bertz CT molecular complexity index is 584. The number of amides is 1. The first kappa shape index (κ1) is 15.6. The zero-order valence-electron chi connectivity index (χ0n) is 12.2. The van der Waals surface area contributed by atoms with E-state index in [9.17, 15) is 4.79 Å². The maximum Gasteiger partial charge on any atom is 0.234 e. The number of likely N-dealkylation sites (N-methyl/N-ethyl adjacent to an activating group) is 1. The Labute approximate surface area is 129 Å². The van der Waals surface area contributed by atoms with E-state index in [2.05, 4.69) is 5.32 Å². The number of hydrogen-bond acceptors (Lipinski definition) is 3. The Morgan fingerprint density at radius 1 is 1.33 bits per heavy atom. The predicted molar refractivity (Wildman–Crippen MR) is 83.1 cm³/mol. The van der Waals surface area contributed by atoms with E-state index in [0.717, 1.165) is 11.3 Å². The van der Waals surface area contributed by atoms with Crippen molar-refractivity contribution in [1.29, 1.82) is 0 Å². The first-order valence-electron chi connectivity index (χ1n) is 6.81. The molecule has 0 aliphatic rings. The number of carbonyl (C=O) groups is 1. The summed E-state index contributed by atoms with van der Waals surface area (Å²) in [5.74, 6) is 0.693. The lowest BCUT2D eigenvalue weighted by Gasteiger charge is -2.25. The number of hydrogen-bond donors (Lipinski definition) is 1. The second-order valence-electron chi connectivity index (χ2n) is 4.97. The first-order chi connectivity index (χ1) is 10.1. The molecule has 4 nitrogen and oxygen atoms in total. The van der Waals surface area contributed by atoms with Crippen molar-refractivity contribution in [1.82, 2.24) is 10.2 Å². The van der Waals surface area contributed by atoms with Gasteiger partial charge in [-0.05, 0) is 37.7 Å². The van der Waals surface area contributed by atoms with Gasteiger partial charge in [-0.1, -0.05) is 29.8 Å². The van der Waals surface area contributed by atoms with Crippen molar-refractivity contribution in [3.63, 3.8) is 0 Å². The Kier molecular flexibility index (Phi) is 5.42. The Morgan fingerprint density at radius 3 is 2.76 bits per heavy atom. The van der Waals surface area contributed by atoms with Crippen LogP contribution in [0.15, 0.2) is 47.1 Å². The fourth-order valence-electron chi connectivity index (χ4n) is 2.07. The molecule has 1 aromatic heterocycles. The van der Waals surface area contributed by atoms with Crippen LogP contribution in [0.3, 0.4) is 0 Å². The van der Waals surface area contributed by atoms with Crippen LogP contribution in [0.2, 0.25) is 5.02 Å². The number of nitrogens with zero attached hydrogens (tertiary/aromatic N) is 1. The van der Waals surface area contributed by atoms with Gasteiger partial charge in [0.15, 0.2) is 0 Å². The maximum atomic E-state index is 11.9. The molecule has 5 heteroatoms. The normalized spacial score (nSPS) is 12.4. The van der Waals surface area contributed by atoms with Crippen LogP contribution in [0.25, 0.3) is 0 Å². The van der Waals surface area contributed by atoms with Crippen molar-refractivity contribution in [2.75, 3.05) is 13.6 Å². The molecule has 0 saturated heterocycles. The van der Waals surface area contributed by atoms with E-state index in [1.54, 1.807) is 12.3 Å². The van der Waals surface area contributed by atoms with E-state index >= 15 is 0 Å². The highest BCUT2D eigenvalue weighted by molar-refractivity contribution is 6.31. The Morgan fingerprint density at radius 2 is 2.10 bits per heavy atom. The molecule has 2 rings (SSSR count). The molecule has 0 saturated carbocycles. The minimum atomic E-state index is -0.0483. The minimum Gasteiger partial charge on any atom is -0.467 e. The lowest BCUT2D eigenvalue weighted by Crippen LogP contribution is -2.36. The molecule has 1 atom stereocenters. The third kappa shape index (κ3) is 4.34. The number of benzene rings is 1. The summed E-state index contributed by atoms with van der Waals surface area (Å²) in [5, 5.41) is 3.55. The Balaban J connectivity index is 1.87. The molecule has 1 N–H and O–H groups in total. The van der Waals surface area contributed by atoms with Crippen LogP contribution >= 0.6 is 11.6 Å². The molecule has 1 heterocycles. The van der Waals surface area contributed by atoms with Crippen LogP contribution in [0, 0.1) is 0 Å². The van der Waals surface area contributed by atoms with E-state index in [-0.39, 0.29) is 11.9 Å². The molecule has 2 aromatic rings. The first-order valence-corrected chi connectivity index (χ1v) is 7.19. The second-order valence-corrected chi connectivity index (χ2v) is 5.38. The summed E-state index contributed by atoms with van der Waals surface area (Å²) in [7, 11) is 1.90. The van der Waals surface area contributed by atoms with E-state index in [1.807, 2.05) is 49.2 Å². The number of halogens is 1. The van der Waals surface area contributed by atoms with Crippen molar-refractivity contribution >= 4 is 17.5 Å². The third-order valence-corrected chi connectivity index (χ3v) is 3.79. The maximum absolute atomic E-state index is 11.9. The lowest BCUT2D eigenvalue weighted by atomic mass is 10.1. The summed E-state index contributed by atoms with van der Waals surface area (Å²) in [6.07, 6.45) is 1.59. The van der Waals surface area contributed by atoms with Crippen molar-refractivity contribution < 1.29 is 9.21 Å². The van der Waals surface area contributed by atoms with Crippen LogP contribution < -0.4 is 5.32 Å². The number of rotatable bonds is 6. The van der Waals surface area contributed by atoms with E-state index in [0.29, 0.717) is 18.1 Å². The van der Waals surface area contributed by atoms with Crippen molar-refractivity contribution in [3.8, 4) is 0 Å². The molecular formula is C16H19ClN2O2. The largest absolute Gasteiger partial charge is 0.467 e. The smallest absolute Gasteiger partial charge is 0.234 e.